The molecule has 0 atom stereocenters. The van der Waals surface area contributed by atoms with Crippen molar-refractivity contribution in [3.05, 3.63) is 38.9 Å². The number of hydrogen-bond donors (Lipinski definition) is 3. The molecule has 0 aromatic heterocycles. The molecule has 0 unspecified atom stereocenters. The first-order chi connectivity index (χ1) is 8.51. The van der Waals surface area contributed by atoms with Crippen LogP contribution in [0.3, 0.4) is 0 Å². The minimum Gasteiger partial charge on any atom is -0.394 e. The largest absolute Gasteiger partial charge is 0.394 e. The van der Waals surface area contributed by atoms with Crippen LogP contribution in [-0.4, -0.2) is 40.3 Å². The standard InChI is InChI=1S/C10H11ClN2O5/c11-7-2-1-3-8(13(17)18)9(7)10(16)12-6(4-14)5-15/h1-3,6,14-15H,4-5H2,(H,12,16). The SMILES string of the molecule is O=C(NC(CO)CO)c1c(Cl)cccc1[N+](=O)[O-]. The van der Waals surface area contributed by atoms with E-state index < -0.39 is 35.8 Å². The average molecular weight is 275 g/mol. The van der Waals surface area contributed by atoms with Crippen molar-refractivity contribution >= 4 is 23.2 Å². The Morgan fingerprint density at radius 1 is 1.44 bits per heavy atom. The van der Waals surface area contributed by atoms with Crippen molar-refractivity contribution in [2.45, 2.75) is 6.04 Å². The number of nitro benzene ring substituents is 1. The molecule has 0 aliphatic carbocycles. The van der Waals surface area contributed by atoms with Gasteiger partial charge in [0.1, 0.15) is 5.56 Å². The summed E-state index contributed by atoms with van der Waals surface area (Å²) < 4.78 is 0. The van der Waals surface area contributed by atoms with E-state index in [-0.39, 0.29) is 10.6 Å². The van der Waals surface area contributed by atoms with Gasteiger partial charge in [-0.25, -0.2) is 0 Å². The fourth-order valence-corrected chi connectivity index (χ4v) is 1.55. The van der Waals surface area contributed by atoms with Gasteiger partial charge in [-0.3, -0.25) is 14.9 Å². The van der Waals surface area contributed by atoms with Crippen LogP contribution in [-0.2, 0) is 0 Å². The molecule has 1 aromatic carbocycles. The monoisotopic (exact) mass is 274 g/mol. The van der Waals surface area contributed by atoms with Crippen molar-refractivity contribution in [3.8, 4) is 0 Å². The van der Waals surface area contributed by atoms with Gasteiger partial charge < -0.3 is 15.5 Å². The quantitative estimate of drug-likeness (QED) is 0.529. The summed E-state index contributed by atoms with van der Waals surface area (Å²) in [6.45, 7) is -0.971. The lowest BCUT2D eigenvalue weighted by Gasteiger charge is -2.13. The second-order valence-electron chi connectivity index (χ2n) is 3.43. The molecule has 0 heterocycles. The van der Waals surface area contributed by atoms with Crippen molar-refractivity contribution < 1.29 is 19.9 Å². The summed E-state index contributed by atoms with van der Waals surface area (Å²) >= 11 is 5.75. The summed E-state index contributed by atoms with van der Waals surface area (Å²) in [6, 6.07) is 2.95. The molecule has 0 fully saturated rings. The van der Waals surface area contributed by atoms with Crippen LogP contribution in [0, 0.1) is 10.1 Å². The van der Waals surface area contributed by atoms with Crippen LogP contribution in [0.1, 0.15) is 10.4 Å². The zero-order chi connectivity index (χ0) is 13.7. The number of nitrogens with zero attached hydrogens (tertiary/aromatic N) is 1. The Bertz CT molecular complexity index is 462. The third-order valence-electron chi connectivity index (χ3n) is 2.19. The Labute approximate surface area is 107 Å². The Kier molecular flexibility index (Phi) is 5.02. The summed E-state index contributed by atoms with van der Waals surface area (Å²) in [5.41, 5.74) is -0.731. The predicted molar refractivity (Wildman–Crippen MR) is 63.5 cm³/mol. The molecule has 1 amide bonds. The van der Waals surface area contributed by atoms with Crippen LogP contribution in [0.2, 0.25) is 5.02 Å². The topological polar surface area (TPSA) is 113 Å². The Hall–Kier alpha value is -1.70. The normalized spacial score (nSPS) is 10.4. The van der Waals surface area contributed by atoms with Gasteiger partial charge in [-0.15, -0.1) is 0 Å². The van der Waals surface area contributed by atoms with Gasteiger partial charge in [-0.2, -0.15) is 0 Å². The maximum Gasteiger partial charge on any atom is 0.283 e. The van der Waals surface area contributed by atoms with E-state index in [1.807, 2.05) is 0 Å². The smallest absolute Gasteiger partial charge is 0.283 e. The molecule has 0 saturated heterocycles. The Balaban J connectivity index is 3.08. The van der Waals surface area contributed by atoms with E-state index in [2.05, 4.69) is 5.32 Å². The van der Waals surface area contributed by atoms with Gasteiger partial charge >= 0.3 is 0 Å². The van der Waals surface area contributed by atoms with Gasteiger partial charge in [0.2, 0.25) is 0 Å². The Morgan fingerprint density at radius 2 is 2.06 bits per heavy atom. The van der Waals surface area contributed by atoms with Crippen molar-refractivity contribution in [1.82, 2.24) is 5.32 Å². The lowest BCUT2D eigenvalue weighted by Crippen LogP contribution is -2.40. The van der Waals surface area contributed by atoms with E-state index in [1.165, 1.54) is 12.1 Å². The molecule has 0 saturated carbocycles. The highest BCUT2D eigenvalue weighted by Crippen LogP contribution is 2.25. The highest BCUT2D eigenvalue weighted by atomic mass is 35.5. The number of amides is 1. The van der Waals surface area contributed by atoms with Crippen molar-refractivity contribution in [1.29, 1.82) is 0 Å². The summed E-state index contributed by atoms with van der Waals surface area (Å²) in [5, 5.41) is 30.6. The molecule has 0 aliphatic heterocycles. The van der Waals surface area contributed by atoms with Gasteiger partial charge in [-0.05, 0) is 6.07 Å². The van der Waals surface area contributed by atoms with Crippen molar-refractivity contribution in [3.63, 3.8) is 0 Å². The first-order valence-electron chi connectivity index (χ1n) is 4.96. The first-order valence-corrected chi connectivity index (χ1v) is 5.34. The number of nitro groups is 1. The molecular formula is C10H11ClN2O5. The molecule has 7 nitrogen and oxygen atoms in total. The summed E-state index contributed by atoms with van der Waals surface area (Å²) in [5.74, 6) is -0.819. The average Bonchev–Trinajstić information content (AvgIpc) is 2.35. The summed E-state index contributed by atoms with van der Waals surface area (Å²) in [7, 11) is 0. The number of carbonyl (C=O) groups is 1. The van der Waals surface area contributed by atoms with Crippen LogP contribution in [0.25, 0.3) is 0 Å². The van der Waals surface area contributed by atoms with Crippen LogP contribution in [0.15, 0.2) is 18.2 Å². The maximum atomic E-state index is 11.8. The number of carbonyl (C=O) groups excluding carboxylic acids is 1. The molecule has 18 heavy (non-hydrogen) atoms. The second kappa shape index (κ2) is 6.29. The van der Waals surface area contributed by atoms with Gasteiger partial charge in [0.25, 0.3) is 11.6 Å². The van der Waals surface area contributed by atoms with Gasteiger partial charge in [0.05, 0.1) is 29.2 Å². The number of hydrogen-bond acceptors (Lipinski definition) is 5. The molecule has 1 aromatic rings. The third-order valence-corrected chi connectivity index (χ3v) is 2.51. The third kappa shape index (κ3) is 3.16. The number of halogens is 1. The molecule has 0 bridgehead atoms. The first kappa shape index (κ1) is 14.4. The highest BCUT2D eigenvalue weighted by molar-refractivity contribution is 6.34. The fourth-order valence-electron chi connectivity index (χ4n) is 1.30. The number of nitrogens with one attached hydrogen (secondary N) is 1. The lowest BCUT2D eigenvalue weighted by atomic mass is 10.1. The molecule has 0 radical (unpaired) electrons. The number of benzene rings is 1. The van der Waals surface area contributed by atoms with Gasteiger partial charge in [0, 0.05) is 6.07 Å². The van der Waals surface area contributed by atoms with E-state index in [0.29, 0.717) is 0 Å². The number of rotatable bonds is 5. The predicted octanol–water partition coefficient (Wildman–Crippen LogP) is 0.331. The fraction of sp³-hybridized carbons (Fsp3) is 0.300. The minimum absolute atomic E-state index is 0.0728. The van der Waals surface area contributed by atoms with Crippen LogP contribution in [0.4, 0.5) is 5.69 Å². The summed E-state index contributed by atoms with van der Waals surface area (Å²) in [6.07, 6.45) is 0. The van der Waals surface area contributed by atoms with E-state index in [0.717, 1.165) is 6.07 Å². The zero-order valence-electron chi connectivity index (χ0n) is 9.17. The van der Waals surface area contributed by atoms with Crippen LogP contribution in [0.5, 0.6) is 0 Å². The van der Waals surface area contributed by atoms with E-state index >= 15 is 0 Å². The summed E-state index contributed by atoms with van der Waals surface area (Å²) in [4.78, 5) is 21.8. The highest BCUT2D eigenvalue weighted by Gasteiger charge is 2.24. The van der Waals surface area contributed by atoms with E-state index in [9.17, 15) is 14.9 Å². The van der Waals surface area contributed by atoms with E-state index in [4.69, 9.17) is 21.8 Å². The van der Waals surface area contributed by atoms with Gasteiger partial charge in [-0.1, -0.05) is 17.7 Å². The number of aliphatic hydroxyl groups is 2. The minimum atomic E-state index is -0.895. The van der Waals surface area contributed by atoms with Crippen molar-refractivity contribution in [2.24, 2.45) is 0 Å². The van der Waals surface area contributed by atoms with E-state index in [1.54, 1.807) is 0 Å². The van der Waals surface area contributed by atoms with Crippen LogP contribution < -0.4 is 5.32 Å². The van der Waals surface area contributed by atoms with Crippen LogP contribution >= 0.6 is 11.6 Å². The van der Waals surface area contributed by atoms with Gasteiger partial charge in [0.15, 0.2) is 0 Å². The molecule has 8 heteroatoms. The molecule has 3 N–H and O–H groups in total. The Morgan fingerprint density at radius 3 is 2.56 bits per heavy atom. The molecule has 0 aliphatic rings. The maximum absolute atomic E-state index is 11.8. The molecule has 0 spiro atoms. The lowest BCUT2D eigenvalue weighted by molar-refractivity contribution is -0.385. The molecular weight excluding hydrogens is 264 g/mol. The number of aliphatic hydroxyl groups excluding tert-OH is 2. The zero-order valence-corrected chi connectivity index (χ0v) is 9.92. The van der Waals surface area contributed by atoms with Crippen molar-refractivity contribution in [2.75, 3.05) is 13.2 Å². The molecule has 98 valence electrons. The second-order valence-corrected chi connectivity index (χ2v) is 3.83. The molecule has 1 rings (SSSR count).